The smallest absolute Gasteiger partial charge is 0.311 e. The minimum atomic E-state index is -0.622. The SMILES string of the molecule is CCC(C)CCC(=O)Oc1ccc(-c2ccc(F)cc2F)cc1. The largest absolute Gasteiger partial charge is 0.427 e. The van der Waals surface area contributed by atoms with E-state index in [1.807, 2.05) is 0 Å². The van der Waals surface area contributed by atoms with Gasteiger partial charge in [-0.3, -0.25) is 4.79 Å². The number of benzene rings is 2. The normalized spacial score (nSPS) is 12.0. The summed E-state index contributed by atoms with van der Waals surface area (Å²) >= 11 is 0. The summed E-state index contributed by atoms with van der Waals surface area (Å²) < 4.78 is 31.9. The van der Waals surface area contributed by atoms with E-state index in [1.54, 1.807) is 24.3 Å². The number of ether oxygens (including phenoxy) is 1. The summed E-state index contributed by atoms with van der Waals surface area (Å²) in [6, 6.07) is 9.96. The molecule has 1 unspecified atom stereocenters. The number of hydrogen-bond donors (Lipinski definition) is 0. The molecule has 0 aliphatic rings. The van der Waals surface area contributed by atoms with Gasteiger partial charge >= 0.3 is 5.97 Å². The van der Waals surface area contributed by atoms with Gasteiger partial charge in [-0.2, -0.15) is 0 Å². The maximum Gasteiger partial charge on any atom is 0.311 e. The van der Waals surface area contributed by atoms with E-state index in [-0.39, 0.29) is 5.97 Å². The number of carbonyl (C=O) groups is 1. The third-order valence-corrected chi connectivity index (χ3v) is 3.87. The molecule has 0 bridgehead atoms. The fraction of sp³-hybridized carbons (Fsp3) is 0.316. The molecule has 0 fully saturated rings. The first-order valence-electron chi connectivity index (χ1n) is 7.75. The van der Waals surface area contributed by atoms with Crippen molar-refractivity contribution < 1.29 is 18.3 Å². The molecule has 2 nitrogen and oxygen atoms in total. The second-order valence-electron chi connectivity index (χ2n) is 5.67. The van der Waals surface area contributed by atoms with Crippen LogP contribution in [0.25, 0.3) is 11.1 Å². The topological polar surface area (TPSA) is 26.3 Å². The molecule has 0 N–H and O–H groups in total. The first-order chi connectivity index (χ1) is 11.0. The maximum absolute atomic E-state index is 13.7. The summed E-state index contributed by atoms with van der Waals surface area (Å²) in [5.41, 5.74) is 0.906. The molecule has 2 rings (SSSR count). The fourth-order valence-electron chi connectivity index (χ4n) is 2.18. The second kappa shape index (κ2) is 7.86. The lowest BCUT2D eigenvalue weighted by atomic mass is 10.0. The number of esters is 1. The van der Waals surface area contributed by atoms with Crippen molar-refractivity contribution in [2.45, 2.75) is 33.1 Å². The summed E-state index contributed by atoms with van der Waals surface area (Å²) in [6.45, 7) is 4.18. The van der Waals surface area contributed by atoms with Crippen molar-refractivity contribution in [2.24, 2.45) is 5.92 Å². The Bertz CT molecular complexity index is 666. The summed E-state index contributed by atoms with van der Waals surface area (Å²) in [5.74, 6) is -0.593. The van der Waals surface area contributed by atoms with Crippen molar-refractivity contribution in [3.05, 3.63) is 54.1 Å². The van der Waals surface area contributed by atoms with E-state index in [4.69, 9.17) is 4.74 Å². The van der Waals surface area contributed by atoms with Crippen LogP contribution in [0.5, 0.6) is 5.75 Å². The Balaban J connectivity index is 2.00. The molecule has 2 aromatic carbocycles. The average molecular weight is 318 g/mol. The zero-order valence-corrected chi connectivity index (χ0v) is 13.3. The molecule has 0 spiro atoms. The van der Waals surface area contributed by atoms with E-state index in [0.29, 0.717) is 29.2 Å². The van der Waals surface area contributed by atoms with Gasteiger partial charge in [0, 0.05) is 18.1 Å². The molecule has 0 saturated heterocycles. The highest BCUT2D eigenvalue weighted by atomic mass is 19.1. The standard InChI is InChI=1S/C19H20F2O2/c1-3-13(2)4-11-19(22)23-16-8-5-14(6-9-16)17-10-7-15(20)12-18(17)21/h5-10,12-13H,3-4,11H2,1-2H3. The van der Waals surface area contributed by atoms with E-state index < -0.39 is 11.6 Å². The van der Waals surface area contributed by atoms with Crippen molar-refractivity contribution in [3.63, 3.8) is 0 Å². The van der Waals surface area contributed by atoms with Gasteiger partial charge in [-0.05, 0) is 42.2 Å². The minimum Gasteiger partial charge on any atom is -0.427 e. The highest BCUT2D eigenvalue weighted by Crippen LogP contribution is 2.25. The van der Waals surface area contributed by atoms with Crippen LogP contribution in [-0.4, -0.2) is 5.97 Å². The number of rotatable bonds is 6. The number of halogens is 2. The highest BCUT2D eigenvalue weighted by molar-refractivity contribution is 5.73. The molecule has 0 radical (unpaired) electrons. The molecule has 2 aromatic rings. The van der Waals surface area contributed by atoms with Crippen LogP contribution in [0.4, 0.5) is 8.78 Å². The Kier molecular flexibility index (Phi) is 5.85. The number of carbonyl (C=O) groups excluding carboxylic acids is 1. The minimum absolute atomic E-state index is 0.272. The molecular formula is C19H20F2O2. The van der Waals surface area contributed by atoms with Gasteiger partial charge in [0.2, 0.25) is 0 Å². The molecule has 0 heterocycles. The molecular weight excluding hydrogens is 298 g/mol. The van der Waals surface area contributed by atoms with Gasteiger partial charge in [0.25, 0.3) is 0 Å². The maximum atomic E-state index is 13.7. The van der Waals surface area contributed by atoms with Crippen LogP contribution in [0.2, 0.25) is 0 Å². The lowest BCUT2D eigenvalue weighted by Gasteiger charge is -2.09. The Morgan fingerprint density at radius 1 is 1.13 bits per heavy atom. The lowest BCUT2D eigenvalue weighted by Crippen LogP contribution is -2.09. The summed E-state index contributed by atoms with van der Waals surface area (Å²) in [4.78, 5) is 11.8. The van der Waals surface area contributed by atoms with E-state index in [2.05, 4.69) is 13.8 Å². The van der Waals surface area contributed by atoms with Gasteiger partial charge in [0.15, 0.2) is 0 Å². The van der Waals surface area contributed by atoms with E-state index in [1.165, 1.54) is 12.1 Å². The predicted octanol–water partition coefficient (Wildman–Crippen LogP) is 5.36. The summed E-state index contributed by atoms with van der Waals surface area (Å²) in [5, 5.41) is 0. The number of hydrogen-bond acceptors (Lipinski definition) is 2. The van der Waals surface area contributed by atoms with Gasteiger partial charge in [-0.15, -0.1) is 0 Å². The molecule has 0 aromatic heterocycles. The third-order valence-electron chi connectivity index (χ3n) is 3.87. The van der Waals surface area contributed by atoms with Gasteiger partial charge in [-0.1, -0.05) is 32.4 Å². The second-order valence-corrected chi connectivity index (χ2v) is 5.67. The van der Waals surface area contributed by atoms with Gasteiger partial charge in [0.1, 0.15) is 17.4 Å². The van der Waals surface area contributed by atoms with Gasteiger partial charge in [0.05, 0.1) is 0 Å². The van der Waals surface area contributed by atoms with Crippen LogP contribution < -0.4 is 4.74 Å². The van der Waals surface area contributed by atoms with Crippen molar-refractivity contribution >= 4 is 5.97 Å². The monoisotopic (exact) mass is 318 g/mol. The fourth-order valence-corrected chi connectivity index (χ4v) is 2.18. The Labute approximate surface area is 135 Å². The lowest BCUT2D eigenvalue weighted by molar-refractivity contribution is -0.134. The van der Waals surface area contributed by atoms with Crippen molar-refractivity contribution in [1.82, 2.24) is 0 Å². The zero-order chi connectivity index (χ0) is 16.8. The molecule has 0 aliphatic carbocycles. The Morgan fingerprint density at radius 2 is 1.83 bits per heavy atom. The summed E-state index contributed by atoms with van der Waals surface area (Å²) in [6.07, 6.45) is 2.21. The highest BCUT2D eigenvalue weighted by Gasteiger charge is 2.09. The molecule has 0 amide bonds. The summed E-state index contributed by atoms with van der Waals surface area (Å²) in [7, 11) is 0. The van der Waals surface area contributed by atoms with Crippen molar-refractivity contribution in [1.29, 1.82) is 0 Å². The molecule has 0 saturated carbocycles. The first kappa shape index (κ1) is 17.1. The van der Waals surface area contributed by atoms with Gasteiger partial charge in [-0.25, -0.2) is 8.78 Å². The quantitative estimate of drug-likeness (QED) is 0.529. The molecule has 122 valence electrons. The zero-order valence-electron chi connectivity index (χ0n) is 13.3. The van der Waals surface area contributed by atoms with E-state index >= 15 is 0 Å². The molecule has 4 heteroatoms. The van der Waals surface area contributed by atoms with Crippen LogP contribution in [0.1, 0.15) is 33.1 Å². The van der Waals surface area contributed by atoms with Crippen LogP contribution in [0, 0.1) is 17.6 Å². The molecule has 1 atom stereocenters. The molecule has 23 heavy (non-hydrogen) atoms. The van der Waals surface area contributed by atoms with E-state index in [9.17, 15) is 13.6 Å². The van der Waals surface area contributed by atoms with Crippen LogP contribution in [0.15, 0.2) is 42.5 Å². The Morgan fingerprint density at radius 3 is 2.43 bits per heavy atom. The first-order valence-corrected chi connectivity index (χ1v) is 7.75. The van der Waals surface area contributed by atoms with E-state index in [0.717, 1.165) is 18.9 Å². The average Bonchev–Trinajstić information content (AvgIpc) is 2.53. The Hall–Kier alpha value is -2.23. The van der Waals surface area contributed by atoms with Crippen LogP contribution >= 0.6 is 0 Å². The van der Waals surface area contributed by atoms with Crippen LogP contribution in [-0.2, 0) is 4.79 Å². The van der Waals surface area contributed by atoms with Crippen LogP contribution in [0.3, 0.4) is 0 Å². The van der Waals surface area contributed by atoms with Crippen molar-refractivity contribution in [3.8, 4) is 16.9 Å². The molecule has 0 aliphatic heterocycles. The third kappa shape index (κ3) is 4.88. The predicted molar refractivity (Wildman–Crippen MR) is 86.1 cm³/mol. The van der Waals surface area contributed by atoms with Gasteiger partial charge < -0.3 is 4.74 Å². The van der Waals surface area contributed by atoms with Crippen molar-refractivity contribution in [2.75, 3.05) is 0 Å².